The van der Waals surface area contributed by atoms with Gasteiger partial charge in [0.2, 0.25) is 0 Å². The van der Waals surface area contributed by atoms with Crippen LogP contribution in [0.3, 0.4) is 0 Å². The fourth-order valence-electron chi connectivity index (χ4n) is 1.69. The lowest BCUT2D eigenvalue weighted by molar-refractivity contribution is 0.178. The average Bonchev–Trinajstić information content (AvgIpc) is 2.28. The van der Waals surface area contributed by atoms with Gasteiger partial charge in [-0.05, 0) is 36.2 Å². The van der Waals surface area contributed by atoms with Crippen LogP contribution in [0, 0.1) is 5.82 Å². The summed E-state index contributed by atoms with van der Waals surface area (Å²) in [5.41, 5.74) is 1.77. The van der Waals surface area contributed by atoms with Crippen molar-refractivity contribution in [2.45, 2.75) is 12.5 Å². The number of hydrogen-bond donors (Lipinski definition) is 2. The molecule has 2 N–H and O–H groups in total. The van der Waals surface area contributed by atoms with Crippen LogP contribution in [0.4, 0.5) is 4.39 Å². The Morgan fingerprint density at radius 1 is 1.46 bits per heavy atom. The maximum absolute atomic E-state index is 12.9. The van der Waals surface area contributed by atoms with Crippen molar-refractivity contribution in [2.24, 2.45) is 0 Å². The largest absolute Gasteiger partial charge is 0.387 e. The zero-order valence-electron chi connectivity index (χ0n) is 7.26. The van der Waals surface area contributed by atoms with Gasteiger partial charge in [-0.15, -0.1) is 0 Å². The Morgan fingerprint density at radius 2 is 2.31 bits per heavy atom. The molecule has 1 aliphatic heterocycles. The molecule has 0 spiro atoms. The standard InChI is InChI=1S/C10H12FNO/c11-8-1-2-9-7(5-8)3-4-12-6-10(9)13/h1-2,5,10,12-13H,3-4,6H2. The second kappa shape index (κ2) is 3.44. The molecule has 1 aromatic rings. The first kappa shape index (κ1) is 8.66. The SMILES string of the molecule is OC1CNCCc2cc(F)ccc21. The molecule has 0 amide bonds. The van der Waals surface area contributed by atoms with Crippen molar-refractivity contribution in [1.82, 2.24) is 5.32 Å². The van der Waals surface area contributed by atoms with E-state index in [1.54, 1.807) is 6.07 Å². The minimum atomic E-state index is -0.502. The first-order chi connectivity index (χ1) is 6.27. The van der Waals surface area contributed by atoms with Crippen molar-refractivity contribution in [3.8, 4) is 0 Å². The molecule has 13 heavy (non-hydrogen) atoms. The first-order valence-corrected chi connectivity index (χ1v) is 4.44. The molecule has 0 radical (unpaired) electrons. The van der Waals surface area contributed by atoms with Gasteiger partial charge in [0.25, 0.3) is 0 Å². The lowest BCUT2D eigenvalue weighted by Gasteiger charge is -2.10. The minimum absolute atomic E-state index is 0.229. The summed E-state index contributed by atoms with van der Waals surface area (Å²) in [6.07, 6.45) is 0.280. The summed E-state index contributed by atoms with van der Waals surface area (Å²) in [5, 5.41) is 12.7. The second-order valence-corrected chi connectivity index (χ2v) is 3.31. The molecule has 0 fully saturated rings. The van der Waals surface area contributed by atoms with Crippen molar-refractivity contribution >= 4 is 0 Å². The van der Waals surface area contributed by atoms with Crippen molar-refractivity contribution in [3.05, 3.63) is 35.1 Å². The summed E-state index contributed by atoms with van der Waals surface area (Å²) in [6.45, 7) is 1.35. The third-order valence-corrected chi connectivity index (χ3v) is 2.37. The number of hydrogen-bond acceptors (Lipinski definition) is 2. The maximum Gasteiger partial charge on any atom is 0.123 e. The number of β-amino-alcohol motifs (C(OH)–C–C–N with tert-alkyl or cyclic N) is 1. The summed E-state index contributed by atoms with van der Waals surface area (Å²) < 4.78 is 12.9. The molecule has 0 saturated heterocycles. The molecule has 0 bridgehead atoms. The van der Waals surface area contributed by atoms with E-state index in [0.717, 1.165) is 24.1 Å². The smallest absolute Gasteiger partial charge is 0.123 e. The Hall–Kier alpha value is -0.930. The predicted octanol–water partition coefficient (Wildman–Crippen LogP) is 1.00. The molecular formula is C10H12FNO. The Labute approximate surface area is 76.4 Å². The minimum Gasteiger partial charge on any atom is -0.387 e. The first-order valence-electron chi connectivity index (χ1n) is 4.44. The third kappa shape index (κ3) is 1.71. The lowest BCUT2D eigenvalue weighted by Crippen LogP contribution is -2.19. The van der Waals surface area contributed by atoms with Gasteiger partial charge in [0, 0.05) is 6.54 Å². The molecule has 1 aliphatic rings. The average molecular weight is 181 g/mol. The predicted molar refractivity (Wildman–Crippen MR) is 47.9 cm³/mol. The molecule has 0 aromatic heterocycles. The van der Waals surface area contributed by atoms with Crippen LogP contribution in [0.1, 0.15) is 17.2 Å². The number of aliphatic hydroxyl groups is 1. The molecule has 3 heteroatoms. The van der Waals surface area contributed by atoms with Gasteiger partial charge in [0.05, 0.1) is 6.10 Å². The van der Waals surface area contributed by atoms with E-state index in [-0.39, 0.29) is 5.82 Å². The summed E-state index contributed by atoms with van der Waals surface area (Å²) in [5.74, 6) is -0.229. The normalized spacial score (nSPS) is 22.2. The molecule has 1 unspecified atom stereocenters. The Morgan fingerprint density at radius 3 is 3.15 bits per heavy atom. The van der Waals surface area contributed by atoms with Crippen LogP contribution in [-0.2, 0) is 6.42 Å². The number of fused-ring (bicyclic) bond motifs is 1. The highest BCUT2D eigenvalue weighted by atomic mass is 19.1. The summed E-state index contributed by atoms with van der Waals surface area (Å²) in [7, 11) is 0. The number of nitrogens with one attached hydrogen (secondary N) is 1. The van der Waals surface area contributed by atoms with Gasteiger partial charge in [-0.3, -0.25) is 0 Å². The van der Waals surface area contributed by atoms with Gasteiger partial charge >= 0.3 is 0 Å². The van der Waals surface area contributed by atoms with Crippen molar-refractivity contribution in [1.29, 1.82) is 0 Å². The molecule has 0 saturated carbocycles. The number of aliphatic hydroxyl groups excluding tert-OH is 1. The van der Waals surface area contributed by atoms with E-state index in [0.29, 0.717) is 6.54 Å². The van der Waals surface area contributed by atoms with Crippen molar-refractivity contribution < 1.29 is 9.50 Å². The lowest BCUT2D eigenvalue weighted by atomic mass is 10.0. The van der Waals surface area contributed by atoms with Crippen molar-refractivity contribution in [2.75, 3.05) is 13.1 Å². The molecular weight excluding hydrogens is 169 g/mol. The van der Waals surface area contributed by atoms with E-state index in [9.17, 15) is 9.50 Å². The summed E-state index contributed by atoms with van der Waals surface area (Å²) in [6, 6.07) is 4.57. The second-order valence-electron chi connectivity index (χ2n) is 3.31. The van der Waals surface area contributed by atoms with Gasteiger partial charge in [-0.2, -0.15) is 0 Å². The van der Waals surface area contributed by atoms with E-state index in [4.69, 9.17) is 0 Å². The Balaban J connectivity index is 2.42. The van der Waals surface area contributed by atoms with Gasteiger partial charge in [-0.1, -0.05) is 6.07 Å². The van der Waals surface area contributed by atoms with Gasteiger partial charge in [0.15, 0.2) is 0 Å². The van der Waals surface area contributed by atoms with Crippen molar-refractivity contribution in [3.63, 3.8) is 0 Å². The van der Waals surface area contributed by atoms with Crippen LogP contribution in [0.2, 0.25) is 0 Å². The molecule has 70 valence electrons. The van der Waals surface area contributed by atoms with Gasteiger partial charge in [0.1, 0.15) is 5.82 Å². The molecule has 1 atom stereocenters. The van der Waals surface area contributed by atoms with Crippen LogP contribution < -0.4 is 5.32 Å². The number of halogens is 1. The zero-order valence-corrected chi connectivity index (χ0v) is 7.26. The fourth-order valence-corrected chi connectivity index (χ4v) is 1.69. The Kier molecular flexibility index (Phi) is 2.29. The molecule has 1 aromatic carbocycles. The highest BCUT2D eigenvalue weighted by molar-refractivity contribution is 5.31. The van der Waals surface area contributed by atoms with Crippen LogP contribution in [0.25, 0.3) is 0 Å². The quantitative estimate of drug-likeness (QED) is 0.626. The van der Waals surface area contributed by atoms with Gasteiger partial charge < -0.3 is 10.4 Å². The molecule has 0 aliphatic carbocycles. The van der Waals surface area contributed by atoms with Gasteiger partial charge in [-0.25, -0.2) is 4.39 Å². The zero-order chi connectivity index (χ0) is 9.26. The maximum atomic E-state index is 12.9. The van der Waals surface area contributed by atoms with E-state index >= 15 is 0 Å². The molecule has 1 heterocycles. The highest BCUT2D eigenvalue weighted by Crippen LogP contribution is 2.21. The van der Waals surface area contributed by atoms with E-state index in [2.05, 4.69) is 5.32 Å². The Bertz CT molecular complexity index is 314. The van der Waals surface area contributed by atoms with Crippen LogP contribution in [0.5, 0.6) is 0 Å². The molecule has 2 nitrogen and oxygen atoms in total. The van der Waals surface area contributed by atoms with Crippen LogP contribution in [-0.4, -0.2) is 18.2 Å². The number of rotatable bonds is 0. The summed E-state index contributed by atoms with van der Waals surface area (Å²) in [4.78, 5) is 0. The fraction of sp³-hybridized carbons (Fsp3) is 0.400. The van der Waals surface area contributed by atoms with E-state index < -0.39 is 6.10 Å². The number of benzene rings is 1. The van der Waals surface area contributed by atoms with E-state index in [1.807, 2.05) is 0 Å². The third-order valence-electron chi connectivity index (χ3n) is 2.37. The highest BCUT2D eigenvalue weighted by Gasteiger charge is 2.15. The molecule has 2 rings (SSSR count). The monoisotopic (exact) mass is 181 g/mol. The summed E-state index contributed by atoms with van der Waals surface area (Å²) >= 11 is 0. The van der Waals surface area contributed by atoms with Crippen LogP contribution in [0.15, 0.2) is 18.2 Å². The van der Waals surface area contributed by atoms with Crippen LogP contribution >= 0.6 is 0 Å². The van der Waals surface area contributed by atoms with E-state index in [1.165, 1.54) is 12.1 Å². The topological polar surface area (TPSA) is 32.3 Å².